The van der Waals surface area contributed by atoms with Crippen molar-refractivity contribution in [2.45, 2.75) is 25.0 Å². The van der Waals surface area contributed by atoms with E-state index in [9.17, 15) is 4.79 Å². The van der Waals surface area contributed by atoms with Crippen molar-refractivity contribution in [2.24, 2.45) is 0 Å². The number of amides is 1. The first-order chi connectivity index (χ1) is 15.7. The topological polar surface area (TPSA) is 94.4 Å². The first-order valence-electron chi connectivity index (χ1n) is 10.8. The van der Waals surface area contributed by atoms with E-state index in [1.807, 2.05) is 10.9 Å². The highest BCUT2D eigenvalue weighted by Crippen LogP contribution is 2.28. The Morgan fingerprint density at radius 2 is 2.00 bits per heavy atom. The van der Waals surface area contributed by atoms with Crippen LogP contribution in [0.3, 0.4) is 0 Å². The van der Waals surface area contributed by atoms with E-state index < -0.39 is 0 Å². The number of ether oxygens (including phenoxy) is 2. The average Bonchev–Trinajstić information content (AvgIpc) is 3.25. The van der Waals surface area contributed by atoms with Crippen LogP contribution in [0.25, 0.3) is 11.0 Å². The maximum absolute atomic E-state index is 12.4. The Hall–Kier alpha value is -2.85. The molecular formula is C22H28N6O3S. The summed E-state index contributed by atoms with van der Waals surface area (Å²) in [5.41, 5.74) is 1.38. The Morgan fingerprint density at radius 3 is 2.72 bits per heavy atom. The van der Waals surface area contributed by atoms with Gasteiger partial charge in [0.05, 0.1) is 38.5 Å². The lowest BCUT2D eigenvalue weighted by Crippen LogP contribution is -2.37. The number of thioether (sulfide) groups is 1. The Morgan fingerprint density at radius 1 is 1.22 bits per heavy atom. The Bertz CT molecular complexity index is 1050. The number of benzene rings is 1. The van der Waals surface area contributed by atoms with Gasteiger partial charge in [-0.25, -0.2) is 14.6 Å². The van der Waals surface area contributed by atoms with Gasteiger partial charge in [0.2, 0.25) is 0 Å². The van der Waals surface area contributed by atoms with Crippen LogP contribution in [0.15, 0.2) is 35.6 Å². The first kappa shape index (κ1) is 22.3. The molecule has 0 spiro atoms. The van der Waals surface area contributed by atoms with Crippen molar-refractivity contribution < 1.29 is 14.3 Å². The van der Waals surface area contributed by atoms with Crippen molar-refractivity contribution in [3.63, 3.8) is 0 Å². The van der Waals surface area contributed by atoms with Crippen molar-refractivity contribution in [3.05, 3.63) is 36.0 Å². The number of nitrogens with zero attached hydrogens (tertiary/aromatic N) is 5. The van der Waals surface area contributed by atoms with E-state index in [4.69, 9.17) is 19.4 Å². The smallest absolute Gasteiger partial charge is 0.251 e. The number of rotatable bonds is 9. The monoisotopic (exact) mass is 456 g/mol. The first-order valence-corrected chi connectivity index (χ1v) is 11.8. The molecule has 0 atom stereocenters. The van der Waals surface area contributed by atoms with E-state index in [1.54, 1.807) is 43.1 Å². The number of hydrogen-bond acceptors (Lipinski definition) is 8. The number of hydrogen-bond donors (Lipinski definition) is 1. The zero-order chi connectivity index (χ0) is 22.3. The van der Waals surface area contributed by atoms with Crippen LogP contribution in [0, 0.1) is 0 Å². The molecule has 1 aliphatic heterocycles. The number of carbonyl (C=O) groups excluding carboxylic acids is 1. The molecule has 10 heteroatoms. The Labute approximate surface area is 191 Å². The normalized spacial score (nSPS) is 14.0. The third-order valence-corrected chi connectivity index (χ3v) is 6.22. The van der Waals surface area contributed by atoms with Gasteiger partial charge in [-0.1, -0.05) is 18.7 Å². The summed E-state index contributed by atoms with van der Waals surface area (Å²) in [5.74, 6) is 2.45. The second-order valence-corrected chi connectivity index (χ2v) is 8.43. The zero-order valence-electron chi connectivity index (χ0n) is 18.4. The van der Waals surface area contributed by atoms with Crippen molar-refractivity contribution in [1.29, 1.82) is 0 Å². The van der Waals surface area contributed by atoms with Gasteiger partial charge in [0, 0.05) is 31.0 Å². The molecule has 1 aromatic carbocycles. The SMILES string of the molecule is CCCSc1nc(N2CCOCC2)c2cnn(CCNC(=O)c3ccc(OC)cc3)c2n1. The summed E-state index contributed by atoms with van der Waals surface area (Å²) >= 11 is 1.65. The van der Waals surface area contributed by atoms with E-state index in [1.165, 1.54) is 0 Å². The lowest BCUT2D eigenvalue weighted by molar-refractivity contribution is 0.0952. The maximum atomic E-state index is 12.4. The molecule has 0 radical (unpaired) electrons. The zero-order valence-corrected chi connectivity index (χ0v) is 19.2. The van der Waals surface area contributed by atoms with Crippen LogP contribution in [0.5, 0.6) is 5.75 Å². The summed E-state index contributed by atoms with van der Waals surface area (Å²) in [7, 11) is 1.60. The Kier molecular flexibility index (Phi) is 7.43. The van der Waals surface area contributed by atoms with Gasteiger partial charge in [-0.2, -0.15) is 5.10 Å². The molecule has 1 amide bonds. The summed E-state index contributed by atoms with van der Waals surface area (Å²) in [6.45, 7) is 6.08. The second kappa shape index (κ2) is 10.6. The minimum Gasteiger partial charge on any atom is -0.497 e. The van der Waals surface area contributed by atoms with Crippen molar-refractivity contribution in [2.75, 3.05) is 50.6 Å². The number of nitrogens with one attached hydrogen (secondary N) is 1. The summed E-state index contributed by atoms with van der Waals surface area (Å²) in [5, 5.41) is 9.17. The number of anilines is 1. The summed E-state index contributed by atoms with van der Waals surface area (Å²) in [6, 6.07) is 7.04. The quantitative estimate of drug-likeness (QED) is 0.388. The average molecular weight is 457 g/mol. The van der Waals surface area contributed by atoms with Crippen LogP contribution in [0.2, 0.25) is 0 Å². The number of carbonyl (C=O) groups is 1. The molecule has 3 heterocycles. The summed E-state index contributed by atoms with van der Waals surface area (Å²) < 4.78 is 12.5. The fourth-order valence-corrected chi connectivity index (χ4v) is 4.17. The van der Waals surface area contributed by atoms with Crippen LogP contribution in [0.1, 0.15) is 23.7 Å². The van der Waals surface area contributed by atoms with Crippen LogP contribution in [-0.4, -0.2) is 71.4 Å². The molecule has 1 fully saturated rings. The van der Waals surface area contributed by atoms with Gasteiger partial charge in [-0.15, -0.1) is 0 Å². The van der Waals surface area contributed by atoms with Crippen LogP contribution < -0.4 is 15.0 Å². The van der Waals surface area contributed by atoms with E-state index in [0.717, 1.165) is 53.0 Å². The molecule has 1 aliphatic rings. The third kappa shape index (κ3) is 5.13. The highest BCUT2D eigenvalue weighted by Gasteiger charge is 2.20. The third-order valence-electron chi connectivity index (χ3n) is 5.16. The number of fused-ring (bicyclic) bond motifs is 1. The molecule has 32 heavy (non-hydrogen) atoms. The standard InChI is InChI=1S/C22H28N6O3S/c1-3-14-32-22-25-19(27-10-12-31-13-11-27)18-15-24-28(20(18)26-22)9-8-23-21(29)16-4-6-17(30-2)7-5-16/h4-7,15H,3,8-14H2,1-2H3,(H,23,29). The van der Waals surface area contributed by atoms with Crippen LogP contribution in [0.4, 0.5) is 5.82 Å². The van der Waals surface area contributed by atoms with Crippen LogP contribution >= 0.6 is 11.8 Å². The predicted molar refractivity (Wildman–Crippen MR) is 125 cm³/mol. The predicted octanol–water partition coefficient (Wildman–Crippen LogP) is 2.60. The lowest BCUT2D eigenvalue weighted by Gasteiger charge is -2.28. The number of aromatic nitrogens is 4. The molecule has 0 bridgehead atoms. The molecule has 4 rings (SSSR count). The summed E-state index contributed by atoms with van der Waals surface area (Å²) in [4.78, 5) is 24.3. The van der Waals surface area contributed by atoms with Crippen molar-refractivity contribution >= 4 is 34.5 Å². The van der Waals surface area contributed by atoms with Gasteiger partial charge < -0.3 is 19.7 Å². The highest BCUT2D eigenvalue weighted by atomic mass is 32.2. The molecule has 1 N–H and O–H groups in total. The van der Waals surface area contributed by atoms with Gasteiger partial charge in [-0.3, -0.25) is 4.79 Å². The van der Waals surface area contributed by atoms with Gasteiger partial charge in [-0.05, 0) is 30.7 Å². The van der Waals surface area contributed by atoms with E-state index in [0.29, 0.717) is 31.9 Å². The number of morpholine rings is 1. The molecule has 9 nitrogen and oxygen atoms in total. The molecular weight excluding hydrogens is 428 g/mol. The van der Waals surface area contributed by atoms with Crippen molar-refractivity contribution in [3.8, 4) is 5.75 Å². The lowest BCUT2D eigenvalue weighted by atomic mass is 10.2. The van der Waals surface area contributed by atoms with Gasteiger partial charge in [0.15, 0.2) is 10.8 Å². The fraction of sp³-hybridized carbons (Fsp3) is 0.455. The molecule has 1 saturated heterocycles. The van der Waals surface area contributed by atoms with Crippen molar-refractivity contribution in [1.82, 2.24) is 25.1 Å². The van der Waals surface area contributed by atoms with Gasteiger partial charge in [0.1, 0.15) is 11.6 Å². The minimum absolute atomic E-state index is 0.132. The van der Waals surface area contributed by atoms with E-state index in [-0.39, 0.29) is 5.91 Å². The van der Waals surface area contributed by atoms with Gasteiger partial charge >= 0.3 is 0 Å². The Balaban J connectivity index is 1.49. The number of methoxy groups -OCH3 is 1. The molecule has 170 valence electrons. The molecule has 0 unspecified atom stereocenters. The fourth-order valence-electron chi connectivity index (χ4n) is 3.48. The summed E-state index contributed by atoms with van der Waals surface area (Å²) in [6.07, 6.45) is 2.87. The highest BCUT2D eigenvalue weighted by molar-refractivity contribution is 7.99. The van der Waals surface area contributed by atoms with Crippen LogP contribution in [-0.2, 0) is 11.3 Å². The largest absolute Gasteiger partial charge is 0.497 e. The second-order valence-electron chi connectivity index (χ2n) is 7.37. The van der Waals surface area contributed by atoms with Gasteiger partial charge in [0.25, 0.3) is 5.91 Å². The molecule has 3 aromatic rings. The molecule has 0 saturated carbocycles. The van der Waals surface area contributed by atoms with E-state index >= 15 is 0 Å². The van der Waals surface area contributed by atoms with E-state index in [2.05, 4.69) is 22.2 Å². The molecule has 0 aliphatic carbocycles. The minimum atomic E-state index is -0.132. The maximum Gasteiger partial charge on any atom is 0.251 e. The molecule has 2 aromatic heterocycles.